The lowest BCUT2D eigenvalue weighted by Crippen LogP contribution is -2.33. The molecule has 0 aliphatic heterocycles. The lowest BCUT2D eigenvalue weighted by atomic mass is 10.0. The Labute approximate surface area is 177 Å². The van der Waals surface area contributed by atoms with Gasteiger partial charge in [0.05, 0.1) is 22.0 Å². The van der Waals surface area contributed by atoms with Crippen molar-refractivity contribution >= 4 is 28.0 Å². The number of nitrogens with one attached hydrogen (secondary N) is 3. The fourth-order valence-electron chi connectivity index (χ4n) is 3.58. The highest BCUT2D eigenvalue weighted by Gasteiger charge is 2.20. The highest BCUT2D eigenvalue weighted by Crippen LogP contribution is 2.19. The first kappa shape index (κ1) is 20.5. The Morgan fingerprint density at radius 3 is 2.65 bits per heavy atom. The van der Waals surface area contributed by atoms with Gasteiger partial charge in [-0.25, -0.2) is 14.8 Å². The van der Waals surface area contributed by atoms with E-state index in [9.17, 15) is 14.4 Å². The summed E-state index contributed by atoms with van der Waals surface area (Å²) in [5.41, 5.74) is 1.73. The Balaban J connectivity index is 1.66. The smallest absolute Gasteiger partial charge is 0.329 e. The maximum absolute atomic E-state index is 13.0. The SMILES string of the molecule is CCn1c(=O)[nH]c(=O)c2c(C(=O)NCCc3nc4ccccc4[nH]3)cc(C(C)C)nc21. The number of pyridine rings is 1. The third-order valence-electron chi connectivity index (χ3n) is 5.21. The number of carbonyl (C=O) groups excluding carboxylic acids is 1. The Hall–Kier alpha value is -3.75. The summed E-state index contributed by atoms with van der Waals surface area (Å²) in [7, 11) is 0. The summed E-state index contributed by atoms with van der Waals surface area (Å²) in [4.78, 5) is 52.3. The van der Waals surface area contributed by atoms with Gasteiger partial charge < -0.3 is 10.3 Å². The minimum atomic E-state index is -0.616. The molecule has 0 unspecified atom stereocenters. The van der Waals surface area contributed by atoms with Gasteiger partial charge in [0.1, 0.15) is 5.82 Å². The first-order valence-corrected chi connectivity index (χ1v) is 10.3. The number of H-pyrrole nitrogens is 2. The standard InChI is InChI=1S/C22H24N6O3/c1-4-28-19-18(21(30)27-22(28)31)13(11-16(26-19)12(2)3)20(29)23-10-9-17-24-14-7-5-6-8-15(14)25-17/h5-8,11-12H,4,9-10H2,1-3H3,(H,23,29)(H,24,25)(H,27,30,31). The molecule has 4 aromatic rings. The molecule has 0 bridgehead atoms. The minimum absolute atomic E-state index is 0.0196. The number of imidazole rings is 1. The van der Waals surface area contributed by atoms with Crippen LogP contribution in [0.1, 0.15) is 48.6 Å². The summed E-state index contributed by atoms with van der Waals surface area (Å²) < 4.78 is 1.37. The highest BCUT2D eigenvalue weighted by atomic mass is 16.2. The van der Waals surface area contributed by atoms with Crippen molar-refractivity contribution in [3.8, 4) is 0 Å². The number of rotatable bonds is 6. The number of fused-ring (bicyclic) bond motifs is 2. The van der Waals surface area contributed by atoms with Crippen molar-refractivity contribution in [1.29, 1.82) is 0 Å². The number of hydrogen-bond donors (Lipinski definition) is 3. The number of nitrogens with zero attached hydrogens (tertiary/aromatic N) is 3. The number of para-hydroxylation sites is 2. The second-order valence-electron chi connectivity index (χ2n) is 7.66. The molecule has 3 aromatic heterocycles. The normalized spacial score (nSPS) is 11.5. The summed E-state index contributed by atoms with van der Waals surface area (Å²) in [5, 5.41) is 2.98. The van der Waals surface area contributed by atoms with Crippen LogP contribution in [0.3, 0.4) is 0 Å². The lowest BCUT2D eigenvalue weighted by Gasteiger charge is -2.14. The van der Waals surface area contributed by atoms with Crippen LogP contribution in [0.2, 0.25) is 0 Å². The molecule has 0 aliphatic carbocycles. The third-order valence-corrected chi connectivity index (χ3v) is 5.21. The van der Waals surface area contributed by atoms with E-state index in [-0.39, 0.29) is 22.5 Å². The maximum atomic E-state index is 13.0. The fraction of sp³-hybridized carbons (Fsp3) is 0.318. The first-order valence-electron chi connectivity index (χ1n) is 10.3. The summed E-state index contributed by atoms with van der Waals surface area (Å²) in [6.45, 7) is 6.34. The fourth-order valence-corrected chi connectivity index (χ4v) is 3.58. The predicted molar refractivity (Wildman–Crippen MR) is 119 cm³/mol. The van der Waals surface area contributed by atoms with Crippen LogP contribution < -0.4 is 16.6 Å². The van der Waals surface area contributed by atoms with Crippen molar-refractivity contribution in [2.24, 2.45) is 0 Å². The number of carbonyl (C=O) groups is 1. The second-order valence-corrected chi connectivity index (χ2v) is 7.66. The lowest BCUT2D eigenvalue weighted by molar-refractivity contribution is 0.0955. The number of hydrogen-bond acceptors (Lipinski definition) is 5. The molecule has 0 fully saturated rings. The van der Waals surface area contributed by atoms with Gasteiger partial charge in [-0.15, -0.1) is 0 Å². The van der Waals surface area contributed by atoms with E-state index in [1.165, 1.54) is 4.57 Å². The number of amides is 1. The van der Waals surface area contributed by atoms with Gasteiger partial charge in [-0.2, -0.15) is 0 Å². The van der Waals surface area contributed by atoms with Gasteiger partial charge >= 0.3 is 5.69 Å². The summed E-state index contributed by atoms with van der Waals surface area (Å²) in [6.07, 6.45) is 0.510. The largest absolute Gasteiger partial charge is 0.352 e. The molecule has 1 aromatic carbocycles. The van der Waals surface area contributed by atoms with E-state index in [1.807, 2.05) is 38.1 Å². The van der Waals surface area contributed by atoms with Crippen LogP contribution in [0, 0.1) is 0 Å². The molecule has 3 N–H and O–H groups in total. The van der Waals surface area contributed by atoms with E-state index in [2.05, 4.69) is 25.3 Å². The molecular weight excluding hydrogens is 396 g/mol. The van der Waals surface area contributed by atoms with E-state index < -0.39 is 17.2 Å². The number of aromatic nitrogens is 5. The van der Waals surface area contributed by atoms with Gasteiger partial charge in [0.25, 0.3) is 11.5 Å². The molecule has 31 heavy (non-hydrogen) atoms. The summed E-state index contributed by atoms with van der Waals surface area (Å²) >= 11 is 0. The molecule has 0 saturated carbocycles. The topological polar surface area (TPSA) is 126 Å². The average molecular weight is 420 g/mol. The zero-order chi connectivity index (χ0) is 22.1. The quantitative estimate of drug-likeness (QED) is 0.440. The van der Waals surface area contributed by atoms with E-state index in [1.54, 1.807) is 13.0 Å². The van der Waals surface area contributed by atoms with Crippen molar-refractivity contribution in [1.82, 2.24) is 29.8 Å². The number of aryl methyl sites for hydroxylation is 1. The van der Waals surface area contributed by atoms with Gasteiger partial charge in [-0.3, -0.25) is 19.1 Å². The van der Waals surface area contributed by atoms with Crippen LogP contribution in [-0.2, 0) is 13.0 Å². The predicted octanol–water partition coefficient (Wildman–Crippen LogP) is 2.08. The Kier molecular flexibility index (Phi) is 5.41. The molecule has 0 atom stereocenters. The molecule has 3 heterocycles. The summed E-state index contributed by atoms with van der Waals surface area (Å²) in [5.74, 6) is 0.394. The van der Waals surface area contributed by atoms with E-state index in [4.69, 9.17) is 0 Å². The van der Waals surface area contributed by atoms with Crippen LogP contribution in [0.25, 0.3) is 22.1 Å². The van der Waals surface area contributed by atoms with Crippen LogP contribution in [0.4, 0.5) is 0 Å². The highest BCUT2D eigenvalue weighted by molar-refractivity contribution is 6.05. The third kappa shape index (κ3) is 3.86. The van der Waals surface area contributed by atoms with Crippen LogP contribution in [0.5, 0.6) is 0 Å². The molecule has 160 valence electrons. The van der Waals surface area contributed by atoms with Crippen molar-refractivity contribution in [2.75, 3.05) is 6.54 Å². The molecule has 4 rings (SSSR count). The Bertz CT molecular complexity index is 1360. The zero-order valence-corrected chi connectivity index (χ0v) is 17.7. The van der Waals surface area contributed by atoms with Crippen molar-refractivity contribution in [3.63, 3.8) is 0 Å². The van der Waals surface area contributed by atoms with Gasteiger partial charge in [0, 0.05) is 25.2 Å². The summed E-state index contributed by atoms with van der Waals surface area (Å²) in [6, 6.07) is 9.34. The average Bonchev–Trinajstić information content (AvgIpc) is 3.15. The van der Waals surface area contributed by atoms with Crippen LogP contribution >= 0.6 is 0 Å². The number of benzene rings is 1. The molecular formula is C22H24N6O3. The van der Waals surface area contributed by atoms with Gasteiger partial charge in [0.15, 0.2) is 5.65 Å². The molecule has 1 amide bonds. The Morgan fingerprint density at radius 1 is 1.16 bits per heavy atom. The van der Waals surface area contributed by atoms with Gasteiger partial charge in [-0.1, -0.05) is 26.0 Å². The molecule has 9 heteroatoms. The molecule has 0 aliphatic rings. The molecule has 0 radical (unpaired) electrons. The van der Waals surface area contributed by atoms with Gasteiger partial charge in [-0.05, 0) is 31.0 Å². The van der Waals surface area contributed by atoms with E-state index in [0.29, 0.717) is 25.2 Å². The molecule has 0 saturated heterocycles. The van der Waals surface area contributed by atoms with Crippen molar-refractivity contribution < 1.29 is 4.79 Å². The van der Waals surface area contributed by atoms with Crippen molar-refractivity contribution in [2.45, 2.75) is 39.7 Å². The zero-order valence-electron chi connectivity index (χ0n) is 17.7. The molecule has 0 spiro atoms. The monoisotopic (exact) mass is 420 g/mol. The second kappa shape index (κ2) is 8.17. The van der Waals surface area contributed by atoms with E-state index >= 15 is 0 Å². The minimum Gasteiger partial charge on any atom is -0.352 e. The molecule has 9 nitrogen and oxygen atoms in total. The van der Waals surface area contributed by atoms with E-state index in [0.717, 1.165) is 16.9 Å². The van der Waals surface area contributed by atoms with Crippen LogP contribution in [-0.4, -0.2) is 37.0 Å². The van der Waals surface area contributed by atoms with Crippen molar-refractivity contribution in [3.05, 3.63) is 68.3 Å². The first-order chi connectivity index (χ1) is 14.9. The number of aromatic amines is 2. The van der Waals surface area contributed by atoms with Gasteiger partial charge in [0.2, 0.25) is 0 Å². The Morgan fingerprint density at radius 2 is 1.94 bits per heavy atom. The maximum Gasteiger partial charge on any atom is 0.329 e. The van der Waals surface area contributed by atoms with Crippen LogP contribution in [0.15, 0.2) is 39.9 Å².